The summed E-state index contributed by atoms with van der Waals surface area (Å²) in [5.74, 6) is -1.17. The summed E-state index contributed by atoms with van der Waals surface area (Å²) < 4.78 is 5.01. The molecule has 0 radical (unpaired) electrons. The number of ether oxygens (including phenoxy) is 1. The average molecular weight is 434 g/mol. The number of fused-ring (bicyclic) bond motifs is 4. The van der Waals surface area contributed by atoms with Gasteiger partial charge in [0.25, 0.3) is 0 Å². The number of esters is 1. The Balaban J connectivity index is 1.47. The van der Waals surface area contributed by atoms with Crippen LogP contribution in [0, 0.1) is 12.8 Å². The van der Waals surface area contributed by atoms with E-state index in [4.69, 9.17) is 4.74 Å². The van der Waals surface area contributed by atoms with Gasteiger partial charge < -0.3 is 15.4 Å². The fourth-order valence-electron chi connectivity index (χ4n) is 5.73. The maximum absolute atomic E-state index is 13.6. The Bertz CT molecular complexity index is 1100. The van der Waals surface area contributed by atoms with E-state index in [9.17, 15) is 14.4 Å². The highest BCUT2D eigenvalue weighted by molar-refractivity contribution is 6.11. The van der Waals surface area contributed by atoms with Gasteiger partial charge in [-0.3, -0.25) is 14.5 Å². The summed E-state index contributed by atoms with van der Waals surface area (Å²) in [5, 5.41) is 6.07. The zero-order valence-corrected chi connectivity index (χ0v) is 18.3. The number of carbonyl (C=O) groups excluding carboxylic acids is 3. The summed E-state index contributed by atoms with van der Waals surface area (Å²) in [4.78, 5) is 41.2. The summed E-state index contributed by atoms with van der Waals surface area (Å²) in [7, 11) is 0. The molecule has 2 fully saturated rings. The second-order valence-corrected chi connectivity index (χ2v) is 8.78. The van der Waals surface area contributed by atoms with Crippen molar-refractivity contribution in [3.63, 3.8) is 0 Å². The molecule has 2 aromatic carbocycles. The van der Waals surface area contributed by atoms with Gasteiger partial charge in [0.05, 0.1) is 18.1 Å². The van der Waals surface area contributed by atoms with E-state index >= 15 is 0 Å². The SMILES string of the molecule is CCOC(=O)c1ccc(NC(=O)[C@H]2C[C@@H]3CCCN3[C@]23C(=O)Nc2c(C)cccc23)cc1. The summed E-state index contributed by atoms with van der Waals surface area (Å²) >= 11 is 0. The number of carbonyl (C=O) groups is 3. The number of hydrogen-bond acceptors (Lipinski definition) is 5. The van der Waals surface area contributed by atoms with Crippen molar-refractivity contribution < 1.29 is 19.1 Å². The molecule has 3 atom stereocenters. The van der Waals surface area contributed by atoms with Crippen LogP contribution in [0.2, 0.25) is 0 Å². The minimum Gasteiger partial charge on any atom is -0.462 e. The predicted octanol–water partition coefficient (Wildman–Crippen LogP) is 3.44. The van der Waals surface area contributed by atoms with E-state index in [1.807, 2.05) is 25.1 Å². The van der Waals surface area contributed by atoms with Crippen molar-refractivity contribution in [1.29, 1.82) is 0 Å². The Morgan fingerprint density at radius 2 is 2.00 bits per heavy atom. The maximum Gasteiger partial charge on any atom is 0.338 e. The maximum atomic E-state index is 13.6. The monoisotopic (exact) mass is 433 g/mol. The predicted molar refractivity (Wildman–Crippen MR) is 120 cm³/mol. The number of nitrogens with one attached hydrogen (secondary N) is 2. The number of amides is 2. The number of anilines is 2. The van der Waals surface area contributed by atoms with Crippen molar-refractivity contribution in [1.82, 2.24) is 4.90 Å². The van der Waals surface area contributed by atoms with Crippen molar-refractivity contribution >= 4 is 29.2 Å². The smallest absolute Gasteiger partial charge is 0.338 e. The van der Waals surface area contributed by atoms with Gasteiger partial charge in [-0.2, -0.15) is 0 Å². The Hall–Kier alpha value is -3.19. The lowest BCUT2D eigenvalue weighted by Gasteiger charge is -2.36. The molecule has 2 aromatic rings. The first-order chi connectivity index (χ1) is 15.5. The quantitative estimate of drug-likeness (QED) is 0.722. The van der Waals surface area contributed by atoms with Gasteiger partial charge in [0.1, 0.15) is 5.54 Å². The second-order valence-electron chi connectivity index (χ2n) is 8.78. The van der Waals surface area contributed by atoms with Gasteiger partial charge in [-0.15, -0.1) is 0 Å². The van der Waals surface area contributed by atoms with Crippen LogP contribution in [-0.4, -0.2) is 41.9 Å². The molecule has 2 N–H and O–H groups in total. The van der Waals surface area contributed by atoms with Crippen LogP contribution in [0.3, 0.4) is 0 Å². The van der Waals surface area contributed by atoms with E-state index in [0.717, 1.165) is 36.2 Å². The van der Waals surface area contributed by atoms with Crippen molar-refractivity contribution in [2.24, 2.45) is 5.92 Å². The molecule has 3 aliphatic rings. The first kappa shape index (κ1) is 20.7. The molecule has 3 heterocycles. The van der Waals surface area contributed by atoms with Gasteiger partial charge in [-0.05, 0) is 69.5 Å². The van der Waals surface area contributed by atoms with Gasteiger partial charge in [-0.1, -0.05) is 18.2 Å². The van der Waals surface area contributed by atoms with Gasteiger partial charge >= 0.3 is 5.97 Å². The Kier molecular flexibility index (Phi) is 5.01. The Morgan fingerprint density at radius 1 is 1.22 bits per heavy atom. The van der Waals surface area contributed by atoms with E-state index in [-0.39, 0.29) is 17.9 Å². The molecule has 0 saturated carbocycles. The van der Waals surface area contributed by atoms with Crippen LogP contribution in [0.5, 0.6) is 0 Å². The fourth-order valence-corrected chi connectivity index (χ4v) is 5.73. The zero-order valence-electron chi connectivity index (χ0n) is 18.3. The van der Waals surface area contributed by atoms with E-state index < -0.39 is 17.4 Å². The zero-order chi connectivity index (χ0) is 22.5. The van der Waals surface area contributed by atoms with Crippen LogP contribution in [0.4, 0.5) is 11.4 Å². The molecule has 3 aliphatic heterocycles. The molecule has 7 nitrogen and oxygen atoms in total. The Morgan fingerprint density at radius 3 is 2.75 bits per heavy atom. The van der Waals surface area contributed by atoms with Crippen LogP contribution >= 0.6 is 0 Å². The summed E-state index contributed by atoms with van der Waals surface area (Å²) in [6.45, 7) is 4.86. The lowest BCUT2D eigenvalue weighted by Crippen LogP contribution is -2.53. The number of rotatable bonds is 4. The van der Waals surface area contributed by atoms with Crippen molar-refractivity contribution in [2.45, 2.75) is 44.7 Å². The summed E-state index contributed by atoms with van der Waals surface area (Å²) in [5.41, 5.74) is 2.79. The second kappa shape index (κ2) is 7.74. The molecule has 2 amide bonds. The van der Waals surface area contributed by atoms with Crippen LogP contribution in [-0.2, 0) is 19.9 Å². The van der Waals surface area contributed by atoms with Gasteiger partial charge in [0, 0.05) is 23.0 Å². The van der Waals surface area contributed by atoms with Gasteiger partial charge in [-0.25, -0.2) is 4.79 Å². The molecule has 1 spiro atoms. The average Bonchev–Trinajstić information content (AvgIpc) is 3.44. The highest BCUT2D eigenvalue weighted by atomic mass is 16.5. The molecular formula is C25H27N3O4. The topological polar surface area (TPSA) is 87.7 Å². The first-order valence-electron chi connectivity index (χ1n) is 11.2. The lowest BCUT2D eigenvalue weighted by molar-refractivity contribution is -0.135. The molecule has 7 heteroatoms. The van der Waals surface area contributed by atoms with Crippen LogP contribution in [0.15, 0.2) is 42.5 Å². The highest BCUT2D eigenvalue weighted by Gasteiger charge is 2.65. The van der Waals surface area contributed by atoms with E-state index in [1.165, 1.54) is 0 Å². The van der Waals surface area contributed by atoms with Crippen LogP contribution in [0.1, 0.15) is 47.7 Å². The minimum absolute atomic E-state index is 0.107. The summed E-state index contributed by atoms with van der Waals surface area (Å²) in [6.07, 6.45) is 2.67. The molecule has 5 rings (SSSR count). The largest absolute Gasteiger partial charge is 0.462 e. The summed E-state index contributed by atoms with van der Waals surface area (Å²) in [6, 6.07) is 12.8. The molecule has 2 saturated heterocycles. The van der Waals surface area contributed by atoms with Gasteiger partial charge in [0.2, 0.25) is 11.8 Å². The van der Waals surface area contributed by atoms with E-state index in [1.54, 1.807) is 31.2 Å². The highest BCUT2D eigenvalue weighted by Crippen LogP contribution is 2.56. The first-order valence-corrected chi connectivity index (χ1v) is 11.2. The van der Waals surface area contributed by atoms with Gasteiger partial charge in [0.15, 0.2) is 0 Å². The van der Waals surface area contributed by atoms with Crippen LogP contribution < -0.4 is 10.6 Å². The van der Waals surface area contributed by atoms with Crippen LogP contribution in [0.25, 0.3) is 0 Å². The number of aryl methyl sites for hydroxylation is 1. The minimum atomic E-state index is -0.975. The fraction of sp³-hybridized carbons (Fsp3) is 0.400. The molecule has 0 unspecified atom stereocenters. The third-order valence-corrected chi connectivity index (χ3v) is 7.09. The third kappa shape index (κ3) is 2.95. The third-order valence-electron chi connectivity index (χ3n) is 7.09. The Labute approximate surface area is 187 Å². The number of benzene rings is 2. The van der Waals surface area contributed by atoms with Crippen molar-refractivity contribution in [3.05, 3.63) is 59.2 Å². The molecule has 0 aliphatic carbocycles. The number of hydrogen-bond donors (Lipinski definition) is 2. The lowest BCUT2D eigenvalue weighted by atomic mass is 9.78. The molecule has 0 aromatic heterocycles. The molecule has 166 valence electrons. The molecular weight excluding hydrogens is 406 g/mol. The van der Waals surface area contributed by atoms with E-state index in [2.05, 4.69) is 15.5 Å². The number of para-hydroxylation sites is 1. The number of nitrogens with zero attached hydrogens (tertiary/aromatic N) is 1. The van der Waals surface area contributed by atoms with Crippen molar-refractivity contribution in [3.8, 4) is 0 Å². The standard InChI is InChI=1S/C25H27N3O4/c1-3-32-23(30)16-9-11-17(12-10-16)26-22(29)20-14-18-7-5-13-28(18)25(20)19-8-4-6-15(2)21(19)27-24(25)31/h4,6,8-12,18,20H,3,5,7,13-14H2,1-2H3,(H,26,29)(H,27,31)/t18-,20+,25-/m0/s1. The van der Waals surface area contributed by atoms with E-state index in [0.29, 0.717) is 24.3 Å². The normalized spacial score (nSPS) is 26.0. The molecule has 32 heavy (non-hydrogen) atoms. The molecule has 0 bridgehead atoms. The van der Waals surface area contributed by atoms with Crippen molar-refractivity contribution in [2.75, 3.05) is 23.8 Å².